The van der Waals surface area contributed by atoms with Crippen molar-refractivity contribution in [2.75, 3.05) is 19.6 Å². The van der Waals surface area contributed by atoms with E-state index in [0.717, 1.165) is 29.6 Å². The molecule has 1 aromatic rings. The Bertz CT molecular complexity index is 425. The van der Waals surface area contributed by atoms with Crippen molar-refractivity contribution in [2.45, 2.75) is 18.9 Å². The summed E-state index contributed by atoms with van der Waals surface area (Å²) in [5, 5.41) is 0. The van der Waals surface area contributed by atoms with Crippen molar-refractivity contribution in [3.8, 4) is 5.75 Å². The zero-order chi connectivity index (χ0) is 13.0. The van der Waals surface area contributed by atoms with Crippen LogP contribution in [0.4, 0.5) is 0 Å². The molecule has 98 valence electrons. The number of carbonyl (C=O) groups excluding carboxylic acids is 1. The van der Waals surface area contributed by atoms with Gasteiger partial charge in [-0.3, -0.25) is 4.79 Å². The molecule has 1 aliphatic rings. The maximum Gasteiger partial charge on any atom is 0.236 e. The van der Waals surface area contributed by atoms with Gasteiger partial charge in [0.05, 0.1) is 13.1 Å². The number of hydrogen-bond acceptors (Lipinski definition) is 3. The quantitative estimate of drug-likeness (QED) is 0.925. The van der Waals surface area contributed by atoms with Gasteiger partial charge in [-0.05, 0) is 31.0 Å². The van der Waals surface area contributed by atoms with Crippen molar-refractivity contribution in [1.82, 2.24) is 4.90 Å². The lowest BCUT2D eigenvalue weighted by atomic mass is 10.1. The van der Waals surface area contributed by atoms with Crippen molar-refractivity contribution < 1.29 is 9.53 Å². The molecule has 1 amide bonds. The Kier molecular flexibility index (Phi) is 4.60. The zero-order valence-corrected chi connectivity index (χ0v) is 11.7. The van der Waals surface area contributed by atoms with Gasteiger partial charge in [0, 0.05) is 11.0 Å². The molecule has 1 saturated heterocycles. The summed E-state index contributed by atoms with van der Waals surface area (Å²) in [5.41, 5.74) is 5.38. The molecule has 0 bridgehead atoms. The predicted octanol–water partition coefficient (Wildman–Crippen LogP) is 1.78. The first-order valence-electron chi connectivity index (χ1n) is 6.09. The maximum absolute atomic E-state index is 11.6. The highest BCUT2D eigenvalue weighted by Gasteiger charge is 2.23. The molecule has 0 aromatic heterocycles. The number of benzene rings is 1. The number of rotatable bonds is 3. The largest absolute Gasteiger partial charge is 0.489 e. The summed E-state index contributed by atoms with van der Waals surface area (Å²) in [5.74, 6) is 0.828. The summed E-state index contributed by atoms with van der Waals surface area (Å²) in [4.78, 5) is 13.3. The topological polar surface area (TPSA) is 55.6 Å². The highest BCUT2D eigenvalue weighted by atomic mass is 79.9. The van der Waals surface area contributed by atoms with E-state index in [4.69, 9.17) is 10.5 Å². The van der Waals surface area contributed by atoms with Crippen molar-refractivity contribution in [3.05, 3.63) is 28.7 Å². The maximum atomic E-state index is 11.6. The smallest absolute Gasteiger partial charge is 0.236 e. The number of nitrogens with two attached hydrogens (primary N) is 1. The summed E-state index contributed by atoms with van der Waals surface area (Å²) in [6.45, 7) is 1.49. The number of amides is 1. The van der Waals surface area contributed by atoms with Crippen LogP contribution in [0.15, 0.2) is 28.7 Å². The predicted molar refractivity (Wildman–Crippen MR) is 73.4 cm³/mol. The average molecular weight is 313 g/mol. The molecule has 0 radical (unpaired) electrons. The van der Waals surface area contributed by atoms with E-state index in [9.17, 15) is 4.79 Å². The molecule has 1 aliphatic heterocycles. The first-order valence-corrected chi connectivity index (χ1v) is 6.88. The third-order valence-electron chi connectivity index (χ3n) is 3.00. The van der Waals surface area contributed by atoms with Gasteiger partial charge in [-0.15, -0.1) is 0 Å². The molecule has 1 unspecified atom stereocenters. The number of nitrogens with zero attached hydrogens (tertiary/aromatic N) is 1. The van der Waals surface area contributed by atoms with Gasteiger partial charge in [0.1, 0.15) is 11.9 Å². The highest BCUT2D eigenvalue weighted by Crippen LogP contribution is 2.22. The van der Waals surface area contributed by atoms with Crippen LogP contribution in [-0.4, -0.2) is 36.5 Å². The Morgan fingerprint density at radius 2 is 2.39 bits per heavy atom. The monoisotopic (exact) mass is 312 g/mol. The molecule has 1 atom stereocenters. The van der Waals surface area contributed by atoms with E-state index in [1.807, 2.05) is 24.3 Å². The van der Waals surface area contributed by atoms with Gasteiger partial charge in [0.15, 0.2) is 0 Å². The van der Waals surface area contributed by atoms with Gasteiger partial charge >= 0.3 is 0 Å². The molecule has 1 fully saturated rings. The molecule has 0 aliphatic carbocycles. The van der Waals surface area contributed by atoms with Crippen LogP contribution in [0.1, 0.15) is 12.8 Å². The highest BCUT2D eigenvalue weighted by molar-refractivity contribution is 9.10. The van der Waals surface area contributed by atoms with Gasteiger partial charge in [-0.25, -0.2) is 0 Å². The van der Waals surface area contributed by atoms with E-state index >= 15 is 0 Å². The Morgan fingerprint density at radius 3 is 3.11 bits per heavy atom. The van der Waals surface area contributed by atoms with Gasteiger partial charge in [0.25, 0.3) is 0 Å². The Hall–Kier alpha value is -1.07. The van der Waals surface area contributed by atoms with Crippen LogP contribution in [0, 0.1) is 0 Å². The minimum Gasteiger partial charge on any atom is -0.489 e. The SMILES string of the molecule is NCC(=O)N1CCCC(Oc2cccc(Br)c2)C1. The molecule has 1 heterocycles. The van der Waals surface area contributed by atoms with E-state index in [-0.39, 0.29) is 18.6 Å². The van der Waals surface area contributed by atoms with Crippen LogP contribution < -0.4 is 10.5 Å². The second kappa shape index (κ2) is 6.20. The number of ether oxygens (including phenoxy) is 1. The molecule has 0 saturated carbocycles. The number of piperidine rings is 1. The van der Waals surface area contributed by atoms with Crippen molar-refractivity contribution in [2.24, 2.45) is 5.73 Å². The van der Waals surface area contributed by atoms with Crippen molar-refractivity contribution in [1.29, 1.82) is 0 Å². The van der Waals surface area contributed by atoms with Gasteiger partial charge in [-0.2, -0.15) is 0 Å². The molecular formula is C13H17BrN2O2. The average Bonchev–Trinajstić information content (AvgIpc) is 2.38. The molecule has 0 spiro atoms. The fourth-order valence-electron chi connectivity index (χ4n) is 2.12. The minimum absolute atomic E-state index is 0.00228. The lowest BCUT2D eigenvalue weighted by molar-refractivity contribution is -0.132. The standard InChI is InChI=1S/C13H17BrN2O2/c14-10-3-1-4-11(7-10)18-12-5-2-6-16(9-12)13(17)8-15/h1,3-4,7,12H,2,5-6,8-9,15H2. The second-order valence-corrected chi connectivity index (χ2v) is 5.30. The van der Waals surface area contributed by atoms with Crippen LogP contribution in [0.3, 0.4) is 0 Å². The second-order valence-electron chi connectivity index (χ2n) is 4.38. The van der Waals surface area contributed by atoms with Crippen molar-refractivity contribution in [3.63, 3.8) is 0 Å². The molecule has 4 nitrogen and oxygen atoms in total. The summed E-state index contributed by atoms with van der Waals surface area (Å²) >= 11 is 3.41. The van der Waals surface area contributed by atoms with E-state index < -0.39 is 0 Å². The molecule has 1 aromatic carbocycles. The molecule has 2 N–H and O–H groups in total. The van der Waals surface area contributed by atoms with Gasteiger partial charge in [-0.1, -0.05) is 22.0 Å². The van der Waals surface area contributed by atoms with E-state index in [1.165, 1.54) is 0 Å². The van der Waals surface area contributed by atoms with Crippen LogP contribution >= 0.6 is 15.9 Å². The third-order valence-corrected chi connectivity index (χ3v) is 3.50. The van der Waals surface area contributed by atoms with E-state index in [1.54, 1.807) is 4.90 Å². The molecule has 18 heavy (non-hydrogen) atoms. The normalized spacial score (nSPS) is 19.7. The summed E-state index contributed by atoms with van der Waals surface area (Å²) in [6.07, 6.45) is 1.99. The molecule has 2 rings (SSSR count). The minimum atomic E-state index is -0.00228. The summed E-state index contributed by atoms with van der Waals surface area (Å²) in [6, 6.07) is 7.75. The Morgan fingerprint density at radius 1 is 1.56 bits per heavy atom. The molecule has 5 heteroatoms. The Labute approximate surface area is 115 Å². The van der Waals surface area contributed by atoms with Crippen LogP contribution in [0.5, 0.6) is 5.75 Å². The van der Waals surface area contributed by atoms with E-state index in [2.05, 4.69) is 15.9 Å². The zero-order valence-electron chi connectivity index (χ0n) is 10.1. The number of carbonyl (C=O) groups is 1. The fraction of sp³-hybridized carbons (Fsp3) is 0.462. The molecular weight excluding hydrogens is 296 g/mol. The first-order chi connectivity index (χ1) is 8.69. The lowest BCUT2D eigenvalue weighted by Crippen LogP contribution is -2.46. The first kappa shape index (κ1) is 13.4. The number of likely N-dealkylation sites (tertiary alicyclic amines) is 1. The lowest BCUT2D eigenvalue weighted by Gasteiger charge is -2.32. The van der Waals surface area contributed by atoms with Gasteiger partial charge in [0.2, 0.25) is 5.91 Å². The van der Waals surface area contributed by atoms with E-state index in [0.29, 0.717) is 6.54 Å². The number of halogens is 1. The summed E-state index contributed by atoms with van der Waals surface area (Å²) in [7, 11) is 0. The van der Waals surface area contributed by atoms with Crippen LogP contribution in [0.2, 0.25) is 0 Å². The van der Waals surface area contributed by atoms with Gasteiger partial charge < -0.3 is 15.4 Å². The Balaban J connectivity index is 1.95. The summed E-state index contributed by atoms with van der Waals surface area (Å²) < 4.78 is 6.89. The number of hydrogen-bond donors (Lipinski definition) is 1. The fourth-order valence-corrected chi connectivity index (χ4v) is 2.50. The third kappa shape index (κ3) is 3.46. The van der Waals surface area contributed by atoms with Crippen molar-refractivity contribution >= 4 is 21.8 Å². The van der Waals surface area contributed by atoms with Crippen LogP contribution in [-0.2, 0) is 4.79 Å². The van der Waals surface area contributed by atoms with Crippen LogP contribution in [0.25, 0.3) is 0 Å².